The summed E-state index contributed by atoms with van der Waals surface area (Å²) in [4.78, 5) is 22.3. The second-order valence-corrected chi connectivity index (χ2v) is 9.15. The maximum absolute atomic E-state index is 12.3. The lowest BCUT2D eigenvalue weighted by Crippen LogP contribution is -2.13. The monoisotopic (exact) mass is 455 g/mol. The summed E-state index contributed by atoms with van der Waals surface area (Å²) in [5.41, 5.74) is 1.63. The predicted molar refractivity (Wildman–Crippen MR) is 117 cm³/mol. The second-order valence-electron chi connectivity index (χ2n) is 7.04. The van der Waals surface area contributed by atoms with Crippen LogP contribution in [-0.2, 0) is 26.0 Å². The van der Waals surface area contributed by atoms with E-state index in [2.05, 4.69) is 0 Å². The van der Waals surface area contributed by atoms with Gasteiger partial charge in [0.05, 0.1) is 22.0 Å². The number of hydrogen-bond acceptors (Lipinski definition) is 7. The Morgan fingerprint density at radius 3 is 2.03 bits per heavy atom. The van der Waals surface area contributed by atoms with Gasteiger partial charge in [-0.15, -0.1) is 0 Å². The zero-order valence-electron chi connectivity index (χ0n) is 17.3. The molecule has 0 aliphatic rings. The normalized spacial score (nSPS) is 11.0. The number of carbonyl (C=O) groups excluding carboxylic acids is 1. The van der Waals surface area contributed by atoms with Crippen molar-refractivity contribution < 1.29 is 27.6 Å². The summed E-state index contributed by atoms with van der Waals surface area (Å²) < 4.78 is 35.4. The highest BCUT2D eigenvalue weighted by molar-refractivity contribution is 7.91. The summed E-state index contributed by atoms with van der Waals surface area (Å²) in [5, 5.41) is 10.7. The van der Waals surface area contributed by atoms with Crippen molar-refractivity contribution in [1.82, 2.24) is 0 Å². The Morgan fingerprint density at radius 1 is 0.906 bits per heavy atom. The third-order valence-electron chi connectivity index (χ3n) is 4.56. The topological polar surface area (TPSA) is 113 Å². The van der Waals surface area contributed by atoms with Crippen LogP contribution in [0.25, 0.3) is 0 Å². The molecule has 0 amide bonds. The lowest BCUT2D eigenvalue weighted by molar-refractivity contribution is -0.384. The van der Waals surface area contributed by atoms with Crippen molar-refractivity contribution in [2.75, 3.05) is 5.75 Å². The van der Waals surface area contributed by atoms with Crippen molar-refractivity contribution >= 4 is 21.5 Å². The van der Waals surface area contributed by atoms with Gasteiger partial charge in [0.2, 0.25) is 0 Å². The highest BCUT2D eigenvalue weighted by atomic mass is 32.2. The molecule has 0 aromatic heterocycles. The van der Waals surface area contributed by atoms with Crippen molar-refractivity contribution in [3.63, 3.8) is 0 Å². The highest BCUT2D eigenvalue weighted by Gasteiger charge is 2.17. The predicted octanol–water partition coefficient (Wildman–Crippen LogP) is 4.60. The molecule has 3 aromatic rings. The molecule has 0 atom stereocenters. The first-order valence-corrected chi connectivity index (χ1v) is 11.3. The van der Waals surface area contributed by atoms with Gasteiger partial charge in [0.1, 0.15) is 18.1 Å². The minimum Gasteiger partial charge on any atom is -0.461 e. The smallest absolute Gasteiger partial charge is 0.307 e. The molecule has 0 aliphatic heterocycles. The Kier molecular flexibility index (Phi) is 7.21. The quantitative estimate of drug-likeness (QED) is 0.263. The SMILES string of the molecule is Cc1ccc(S(=O)(=O)CCC(=O)OCc2ccc(Oc3ccc([N+](=O)[O-])cc3)cc2)cc1. The van der Waals surface area contributed by atoms with Crippen LogP contribution in [0.1, 0.15) is 17.5 Å². The zero-order valence-corrected chi connectivity index (χ0v) is 18.1. The molecule has 0 heterocycles. The van der Waals surface area contributed by atoms with Gasteiger partial charge in [0.15, 0.2) is 9.84 Å². The number of ether oxygens (including phenoxy) is 2. The van der Waals surface area contributed by atoms with Crippen LogP contribution in [0.15, 0.2) is 77.7 Å². The summed E-state index contributed by atoms with van der Waals surface area (Å²) in [5.74, 6) is 0.0336. The molecule has 0 saturated carbocycles. The van der Waals surface area contributed by atoms with E-state index in [0.717, 1.165) is 5.56 Å². The van der Waals surface area contributed by atoms with Crippen LogP contribution in [0.2, 0.25) is 0 Å². The van der Waals surface area contributed by atoms with Crippen LogP contribution in [-0.4, -0.2) is 25.1 Å². The van der Waals surface area contributed by atoms with Gasteiger partial charge < -0.3 is 9.47 Å². The standard InChI is InChI=1S/C23H21NO7S/c1-17-2-12-22(13-3-17)32(28,29)15-14-23(25)30-16-18-4-8-20(9-5-18)31-21-10-6-19(7-11-21)24(26)27/h2-13H,14-16H2,1H3. The van der Waals surface area contributed by atoms with Crippen molar-refractivity contribution in [1.29, 1.82) is 0 Å². The average molecular weight is 455 g/mol. The van der Waals surface area contributed by atoms with Crippen molar-refractivity contribution in [2.45, 2.75) is 24.8 Å². The number of aryl methyl sites for hydroxylation is 1. The Morgan fingerprint density at radius 2 is 1.47 bits per heavy atom. The molecule has 9 heteroatoms. The lowest BCUT2D eigenvalue weighted by Gasteiger charge is -2.08. The lowest BCUT2D eigenvalue weighted by atomic mass is 10.2. The minimum absolute atomic E-state index is 0.00121. The van der Waals surface area contributed by atoms with E-state index in [1.54, 1.807) is 36.4 Å². The molecule has 166 valence electrons. The Labute approximate surface area is 185 Å². The Balaban J connectivity index is 1.47. The fourth-order valence-electron chi connectivity index (χ4n) is 2.74. The summed E-state index contributed by atoms with van der Waals surface area (Å²) in [6, 6.07) is 18.9. The molecular formula is C23H21NO7S. The zero-order chi connectivity index (χ0) is 23.1. The number of nitrogens with zero attached hydrogens (tertiary/aromatic N) is 1. The van der Waals surface area contributed by atoms with Crippen LogP contribution < -0.4 is 4.74 Å². The molecule has 0 unspecified atom stereocenters. The van der Waals surface area contributed by atoms with Gasteiger partial charge in [0, 0.05) is 12.1 Å². The number of non-ortho nitro benzene ring substituents is 1. The first-order valence-electron chi connectivity index (χ1n) is 9.69. The molecule has 0 spiro atoms. The van der Waals surface area contributed by atoms with Gasteiger partial charge in [-0.3, -0.25) is 14.9 Å². The molecule has 3 aromatic carbocycles. The molecule has 0 saturated heterocycles. The fourth-order valence-corrected chi connectivity index (χ4v) is 3.96. The van der Waals surface area contributed by atoms with E-state index in [1.165, 1.54) is 36.4 Å². The van der Waals surface area contributed by atoms with Crippen LogP contribution in [0.5, 0.6) is 11.5 Å². The van der Waals surface area contributed by atoms with Crippen molar-refractivity contribution in [2.24, 2.45) is 0 Å². The maximum atomic E-state index is 12.3. The van der Waals surface area contributed by atoms with Gasteiger partial charge in [-0.1, -0.05) is 29.8 Å². The highest BCUT2D eigenvalue weighted by Crippen LogP contribution is 2.24. The number of benzene rings is 3. The molecule has 32 heavy (non-hydrogen) atoms. The average Bonchev–Trinajstić information content (AvgIpc) is 2.78. The van der Waals surface area contributed by atoms with E-state index in [4.69, 9.17) is 9.47 Å². The van der Waals surface area contributed by atoms with Crippen LogP contribution in [0, 0.1) is 17.0 Å². The van der Waals surface area contributed by atoms with E-state index in [9.17, 15) is 23.3 Å². The van der Waals surface area contributed by atoms with Gasteiger partial charge in [0.25, 0.3) is 5.69 Å². The van der Waals surface area contributed by atoms with E-state index in [0.29, 0.717) is 17.1 Å². The molecule has 0 aliphatic carbocycles. The van der Waals surface area contributed by atoms with Crippen molar-refractivity contribution in [3.8, 4) is 11.5 Å². The van der Waals surface area contributed by atoms with Gasteiger partial charge in [-0.25, -0.2) is 8.42 Å². The minimum atomic E-state index is -3.55. The Hall–Kier alpha value is -3.72. The molecule has 0 N–H and O–H groups in total. The number of carbonyl (C=O) groups is 1. The molecule has 0 radical (unpaired) electrons. The number of rotatable bonds is 9. The first kappa shape index (κ1) is 23.0. The Bertz CT molecular complexity index is 1190. The van der Waals surface area contributed by atoms with E-state index in [-0.39, 0.29) is 29.4 Å². The molecule has 0 bridgehead atoms. The number of hydrogen-bond donors (Lipinski definition) is 0. The van der Waals surface area contributed by atoms with E-state index < -0.39 is 20.7 Å². The molecular weight excluding hydrogens is 434 g/mol. The fraction of sp³-hybridized carbons (Fsp3) is 0.174. The van der Waals surface area contributed by atoms with Crippen LogP contribution >= 0.6 is 0 Å². The summed E-state index contributed by atoms with van der Waals surface area (Å²) in [6.45, 7) is 1.86. The second kappa shape index (κ2) is 10.1. The van der Waals surface area contributed by atoms with Gasteiger partial charge in [-0.05, 0) is 48.9 Å². The van der Waals surface area contributed by atoms with Gasteiger partial charge >= 0.3 is 5.97 Å². The summed E-state index contributed by atoms with van der Waals surface area (Å²) in [7, 11) is -3.55. The first-order chi connectivity index (χ1) is 15.2. The summed E-state index contributed by atoms with van der Waals surface area (Å²) >= 11 is 0. The molecule has 0 fully saturated rings. The van der Waals surface area contributed by atoms with Crippen molar-refractivity contribution in [3.05, 3.63) is 94.0 Å². The number of sulfone groups is 1. The van der Waals surface area contributed by atoms with E-state index >= 15 is 0 Å². The van der Waals surface area contributed by atoms with Gasteiger partial charge in [-0.2, -0.15) is 0 Å². The molecule has 3 rings (SSSR count). The summed E-state index contributed by atoms with van der Waals surface area (Å²) in [6.07, 6.45) is -0.239. The molecule has 8 nitrogen and oxygen atoms in total. The number of esters is 1. The number of nitro groups is 1. The van der Waals surface area contributed by atoms with E-state index in [1.807, 2.05) is 6.92 Å². The third-order valence-corrected chi connectivity index (χ3v) is 6.29. The van der Waals surface area contributed by atoms with Crippen LogP contribution in [0.3, 0.4) is 0 Å². The largest absolute Gasteiger partial charge is 0.461 e. The maximum Gasteiger partial charge on any atom is 0.307 e. The number of nitro benzene ring substituents is 1. The third kappa shape index (κ3) is 6.39. The van der Waals surface area contributed by atoms with Crippen LogP contribution in [0.4, 0.5) is 5.69 Å².